The van der Waals surface area contributed by atoms with Crippen LogP contribution in [0.5, 0.6) is 23.0 Å². The molecule has 2 N–H and O–H groups in total. The third-order valence-electron chi connectivity index (χ3n) is 5.15. The van der Waals surface area contributed by atoms with E-state index in [-0.39, 0.29) is 41.7 Å². The summed E-state index contributed by atoms with van der Waals surface area (Å²) in [4.78, 5) is 29.7. The van der Waals surface area contributed by atoms with Crippen LogP contribution in [-0.2, 0) is 11.3 Å². The fourth-order valence-corrected chi connectivity index (χ4v) is 3.65. The van der Waals surface area contributed by atoms with Crippen LogP contribution in [0.4, 0.5) is 0 Å². The fourth-order valence-electron chi connectivity index (χ4n) is 3.65. The summed E-state index contributed by atoms with van der Waals surface area (Å²) in [7, 11) is 4.38. The van der Waals surface area contributed by atoms with E-state index in [1.807, 2.05) is 6.07 Å². The van der Waals surface area contributed by atoms with E-state index in [0.717, 1.165) is 5.56 Å². The molecule has 9 nitrogen and oxygen atoms in total. The molecule has 0 aliphatic rings. The average Bonchev–Trinajstić information content (AvgIpc) is 2.81. The van der Waals surface area contributed by atoms with Gasteiger partial charge >= 0.3 is 5.63 Å². The molecule has 0 saturated carbocycles. The molecule has 1 amide bonds. The molecule has 2 aromatic heterocycles. The highest BCUT2D eigenvalue weighted by Gasteiger charge is 2.30. The Hall–Kier alpha value is -4.01. The number of aryl methyl sites for hydroxylation is 1. The van der Waals surface area contributed by atoms with Gasteiger partial charge in [0.1, 0.15) is 11.5 Å². The summed E-state index contributed by atoms with van der Waals surface area (Å²) in [6.45, 7) is 1.81. The lowest BCUT2D eigenvalue weighted by Crippen LogP contribution is -2.27. The number of rotatable bonds is 9. The highest BCUT2D eigenvalue weighted by molar-refractivity contribution is 5.78. The zero-order valence-electron chi connectivity index (χ0n) is 18.9. The number of carbonyl (C=O) groups is 1. The molecule has 0 saturated heterocycles. The predicted molar refractivity (Wildman–Crippen MR) is 120 cm³/mol. The van der Waals surface area contributed by atoms with Gasteiger partial charge in [0.2, 0.25) is 11.7 Å². The van der Waals surface area contributed by atoms with Crippen LogP contribution in [0.3, 0.4) is 0 Å². The normalized spacial score (nSPS) is 11.5. The van der Waals surface area contributed by atoms with Crippen LogP contribution in [0.25, 0.3) is 0 Å². The topological polar surface area (TPSA) is 120 Å². The Morgan fingerprint density at radius 3 is 2.52 bits per heavy atom. The van der Waals surface area contributed by atoms with Crippen LogP contribution in [0, 0.1) is 6.92 Å². The number of hydrogen-bond donors (Lipinski definition) is 2. The van der Waals surface area contributed by atoms with Gasteiger partial charge in [-0.3, -0.25) is 9.78 Å². The van der Waals surface area contributed by atoms with Crippen molar-refractivity contribution in [3.8, 4) is 23.0 Å². The van der Waals surface area contributed by atoms with Gasteiger partial charge in [0.25, 0.3) is 0 Å². The monoisotopic (exact) mass is 454 g/mol. The third-order valence-corrected chi connectivity index (χ3v) is 5.15. The first-order valence-corrected chi connectivity index (χ1v) is 10.2. The molecule has 0 bridgehead atoms. The van der Waals surface area contributed by atoms with Crippen molar-refractivity contribution in [1.82, 2.24) is 10.3 Å². The Morgan fingerprint density at radius 1 is 1.15 bits per heavy atom. The highest BCUT2D eigenvalue weighted by Crippen LogP contribution is 2.45. The average molecular weight is 454 g/mol. The van der Waals surface area contributed by atoms with E-state index in [0.29, 0.717) is 17.1 Å². The van der Waals surface area contributed by atoms with E-state index in [9.17, 15) is 14.7 Å². The van der Waals surface area contributed by atoms with Gasteiger partial charge in [-0.2, -0.15) is 0 Å². The number of aromatic hydroxyl groups is 1. The second-order valence-electron chi connectivity index (χ2n) is 7.26. The second kappa shape index (κ2) is 10.5. The van der Waals surface area contributed by atoms with Crippen molar-refractivity contribution in [1.29, 1.82) is 0 Å². The molecule has 0 aliphatic heterocycles. The Labute approximate surface area is 190 Å². The van der Waals surface area contributed by atoms with E-state index in [1.54, 1.807) is 37.5 Å². The van der Waals surface area contributed by atoms with Crippen molar-refractivity contribution in [3.05, 3.63) is 75.6 Å². The number of pyridine rings is 1. The highest BCUT2D eigenvalue weighted by atomic mass is 16.5. The first kappa shape index (κ1) is 23.6. The van der Waals surface area contributed by atoms with Gasteiger partial charge in [0.05, 0.1) is 26.9 Å². The minimum absolute atomic E-state index is 0.0531. The summed E-state index contributed by atoms with van der Waals surface area (Å²) in [6.07, 6.45) is 3.13. The van der Waals surface area contributed by atoms with Crippen LogP contribution < -0.4 is 25.2 Å². The molecule has 1 unspecified atom stereocenters. The summed E-state index contributed by atoms with van der Waals surface area (Å²) in [5, 5.41) is 13.4. The van der Waals surface area contributed by atoms with E-state index >= 15 is 0 Å². The molecule has 0 radical (unpaired) electrons. The summed E-state index contributed by atoms with van der Waals surface area (Å²) in [5.74, 6) is -0.259. The Balaban J connectivity index is 2.05. The molecular formula is C24H26N2O7. The van der Waals surface area contributed by atoms with Crippen LogP contribution in [0.2, 0.25) is 0 Å². The minimum Gasteiger partial charge on any atom is -0.507 e. The number of aromatic nitrogens is 1. The Kier molecular flexibility index (Phi) is 7.55. The lowest BCUT2D eigenvalue weighted by atomic mass is 9.87. The summed E-state index contributed by atoms with van der Waals surface area (Å²) in [6, 6.07) is 8.25. The first-order valence-electron chi connectivity index (χ1n) is 10.2. The molecule has 33 heavy (non-hydrogen) atoms. The van der Waals surface area contributed by atoms with Gasteiger partial charge in [-0.25, -0.2) is 4.79 Å². The lowest BCUT2D eigenvalue weighted by Gasteiger charge is -2.22. The van der Waals surface area contributed by atoms with Crippen molar-refractivity contribution in [3.63, 3.8) is 0 Å². The molecule has 0 aliphatic carbocycles. The lowest BCUT2D eigenvalue weighted by molar-refractivity contribution is -0.121. The molecule has 0 fully saturated rings. The van der Waals surface area contributed by atoms with Gasteiger partial charge in [-0.1, -0.05) is 12.1 Å². The summed E-state index contributed by atoms with van der Waals surface area (Å²) >= 11 is 0. The summed E-state index contributed by atoms with van der Waals surface area (Å²) in [5.41, 5.74) is 0.485. The van der Waals surface area contributed by atoms with Crippen LogP contribution in [0.15, 0.2) is 51.9 Å². The summed E-state index contributed by atoms with van der Waals surface area (Å²) < 4.78 is 21.6. The maximum atomic E-state index is 12.9. The number of carbonyl (C=O) groups excluding carboxylic acids is 1. The van der Waals surface area contributed by atoms with Crippen molar-refractivity contribution in [2.75, 3.05) is 21.3 Å². The van der Waals surface area contributed by atoms with Crippen LogP contribution in [0.1, 0.15) is 34.8 Å². The van der Waals surface area contributed by atoms with Gasteiger partial charge in [0, 0.05) is 42.9 Å². The van der Waals surface area contributed by atoms with E-state index in [1.165, 1.54) is 27.4 Å². The Morgan fingerprint density at radius 2 is 1.91 bits per heavy atom. The van der Waals surface area contributed by atoms with Crippen LogP contribution >= 0.6 is 0 Å². The molecule has 3 rings (SSSR count). The fraction of sp³-hybridized carbons (Fsp3) is 0.292. The van der Waals surface area contributed by atoms with Crippen molar-refractivity contribution < 1.29 is 28.5 Å². The zero-order valence-corrected chi connectivity index (χ0v) is 18.9. The largest absolute Gasteiger partial charge is 0.507 e. The SMILES string of the molecule is COc1ccc(C(CC(=O)NCc2cccnc2)c2c(O)cc(C)oc2=O)c(OC)c1OC. The number of nitrogens with zero attached hydrogens (tertiary/aromatic N) is 1. The van der Waals surface area contributed by atoms with Gasteiger partial charge in [-0.15, -0.1) is 0 Å². The molecule has 1 aromatic carbocycles. The van der Waals surface area contributed by atoms with E-state index in [4.69, 9.17) is 18.6 Å². The molecule has 3 aromatic rings. The number of benzene rings is 1. The zero-order chi connectivity index (χ0) is 24.0. The minimum atomic E-state index is -0.884. The Bertz CT molecular complexity index is 1180. The van der Waals surface area contributed by atoms with Crippen molar-refractivity contribution >= 4 is 5.91 Å². The molecule has 174 valence electrons. The van der Waals surface area contributed by atoms with E-state index in [2.05, 4.69) is 10.3 Å². The first-order chi connectivity index (χ1) is 15.9. The second-order valence-corrected chi connectivity index (χ2v) is 7.26. The molecule has 9 heteroatoms. The van der Waals surface area contributed by atoms with E-state index < -0.39 is 11.5 Å². The van der Waals surface area contributed by atoms with Gasteiger partial charge < -0.3 is 29.1 Å². The number of ether oxygens (including phenoxy) is 3. The molecule has 1 atom stereocenters. The third kappa shape index (κ3) is 5.25. The quantitative estimate of drug-likeness (QED) is 0.506. The molecule has 2 heterocycles. The number of hydrogen-bond acceptors (Lipinski definition) is 8. The van der Waals surface area contributed by atoms with Crippen LogP contribution in [-0.4, -0.2) is 37.3 Å². The van der Waals surface area contributed by atoms with Crippen molar-refractivity contribution in [2.24, 2.45) is 0 Å². The van der Waals surface area contributed by atoms with Gasteiger partial charge in [-0.05, 0) is 24.6 Å². The molecular weight excluding hydrogens is 428 g/mol. The van der Waals surface area contributed by atoms with Crippen molar-refractivity contribution in [2.45, 2.75) is 25.8 Å². The number of amides is 1. The maximum absolute atomic E-state index is 12.9. The number of nitrogens with one attached hydrogen (secondary N) is 1. The molecule has 0 spiro atoms. The number of methoxy groups -OCH3 is 3. The van der Waals surface area contributed by atoms with Gasteiger partial charge in [0.15, 0.2) is 11.5 Å². The maximum Gasteiger partial charge on any atom is 0.343 e. The predicted octanol–water partition coefficient (Wildman–Crippen LogP) is 2.91. The smallest absolute Gasteiger partial charge is 0.343 e. The standard InChI is InChI=1S/C24H26N2O7/c1-14-10-18(27)21(24(29)33-14)17(11-20(28)26-13-15-6-5-9-25-12-15)16-7-8-19(30-2)23(32-4)22(16)31-3/h5-10,12,17,27H,11,13H2,1-4H3,(H,26,28).